The van der Waals surface area contributed by atoms with Gasteiger partial charge in [0, 0.05) is 6.26 Å². The van der Waals surface area contributed by atoms with Gasteiger partial charge in [-0.05, 0) is 0 Å². The number of hydrogen-bond acceptors (Lipinski definition) is 2. The fourth-order valence-electron chi connectivity index (χ4n) is 0. The predicted molar refractivity (Wildman–Crippen MR) is 38.0 cm³/mol. The molecule has 0 saturated heterocycles. The maximum absolute atomic E-state index is 9.04. The highest BCUT2D eigenvalue weighted by Gasteiger charge is 1.44. The Balaban J connectivity index is -0.0000000150. The second-order valence-electron chi connectivity index (χ2n) is 0.440. The molecule has 0 saturated carbocycles. The van der Waals surface area contributed by atoms with Crippen LogP contribution in [0, 0.1) is 0 Å². The van der Waals surface area contributed by atoms with Crippen LogP contribution < -0.4 is 0 Å². The molecule has 0 N–H and O–H groups in total. The molecule has 0 aromatic carbocycles. The van der Waals surface area contributed by atoms with Gasteiger partial charge in [0.05, 0.1) is 0 Å². The highest BCUT2D eigenvalue weighted by Crippen LogP contribution is 1.29. The Hall–Kier alpha value is 0.820. The summed E-state index contributed by atoms with van der Waals surface area (Å²) in [5.41, 5.74) is 0. The summed E-state index contributed by atoms with van der Waals surface area (Å²) in [6.07, 6.45) is 1.12. The van der Waals surface area contributed by atoms with Crippen LogP contribution in [0.15, 0.2) is 0 Å². The fourth-order valence-corrected chi connectivity index (χ4v) is 0. The van der Waals surface area contributed by atoms with Crippen molar-refractivity contribution < 1.29 is 8.42 Å². The summed E-state index contributed by atoms with van der Waals surface area (Å²) in [7, 11) is -2.12. The SMILES string of the molecule is C[SH](=O)=O.Cl.Cl.Cl. The number of rotatable bonds is 0. The Morgan fingerprint density at radius 2 is 1.00 bits per heavy atom. The number of thiol groups is 1. The molecule has 7 heavy (non-hydrogen) atoms. The van der Waals surface area contributed by atoms with E-state index in [1.165, 1.54) is 0 Å². The van der Waals surface area contributed by atoms with Gasteiger partial charge >= 0.3 is 0 Å². The summed E-state index contributed by atoms with van der Waals surface area (Å²) in [5, 5.41) is 0. The summed E-state index contributed by atoms with van der Waals surface area (Å²) in [4.78, 5) is 0. The van der Waals surface area contributed by atoms with Crippen molar-refractivity contribution in [2.45, 2.75) is 0 Å². The van der Waals surface area contributed by atoms with E-state index in [1.807, 2.05) is 0 Å². The first-order chi connectivity index (χ1) is 1.73. The predicted octanol–water partition coefficient (Wildman–Crippen LogP) is 0.493. The highest BCUT2D eigenvalue weighted by atomic mass is 35.5. The maximum Gasteiger partial charge on any atom is 0.137 e. The van der Waals surface area contributed by atoms with Crippen LogP contribution in [-0.4, -0.2) is 14.7 Å². The molecule has 0 amide bonds. The van der Waals surface area contributed by atoms with Crippen molar-refractivity contribution in [2.75, 3.05) is 6.26 Å². The van der Waals surface area contributed by atoms with Gasteiger partial charge in [-0.1, -0.05) is 0 Å². The number of hydrogen-bond donors (Lipinski definition) is 1. The molecule has 0 heterocycles. The largest absolute Gasteiger partial charge is 0.232 e. The molecule has 0 rings (SSSR count). The summed E-state index contributed by atoms with van der Waals surface area (Å²) >= 11 is 0. The van der Waals surface area contributed by atoms with Crippen molar-refractivity contribution in [2.24, 2.45) is 0 Å². The first kappa shape index (κ1) is 24.9. The van der Waals surface area contributed by atoms with Crippen molar-refractivity contribution in [1.29, 1.82) is 0 Å². The Bertz CT molecular complexity index is 61.3. The molecular weight excluding hydrogens is 182 g/mol. The quantitative estimate of drug-likeness (QED) is 0.563. The van der Waals surface area contributed by atoms with Crippen molar-refractivity contribution >= 4 is 47.9 Å². The number of halogens is 3. The molecule has 6 heteroatoms. The normalized spacial score (nSPS) is 4.86. The van der Waals surface area contributed by atoms with E-state index in [0.717, 1.165) is 6.26 Å². The third-order valence-corrected chi connectivity index (χ3v) is 0. The van der Waals surface area contributed by atoms with E-state index in [9.17, 15) is 0 Å². The van der Waals surface area contributed by atoms with Gasteiger partial charge in [-0.3, -0.25) is 0 Å². The molecular formula is CH7Cl3O2S. The maximum atomic E-state index is 9.04. The van der Waals surface area contributed by atoms with Crippen LogP contribution in [0.5, 0.6) is 0 Å². The lowest BCUT2D eigenvalue weighted by Crippen LogP contribution is -1.56. The lowest BCUT2D eigenvalue weighted by Gasteiger charge is -1.41. The molecule has 0 radical (unpaired) electrons. The third-order valence-electron chi connectivity index (χ3n) is 0. The Morgan fingerprint density at radius 3 is 1.00 bits per heavy atom. The Kier molecular flexibility index (Phi) is 56.4. The van der Waals surface area contributed by atoms with Gasteiger partial charge in [0.15, 0.2) is 0 Å². The standard InChI is InChI=1S/CH4O2S.3ClH/c1-4(2)3;;;/h4H,1H3;3*1H. The zero-order valence-electron chi connectivity index (χ0n) is 3.49. The third kappa shape index (κ3) is 236. The van der Waals surface area contributed by atoms with Gasteiger partial charge in [-0.2, -0.15) is 0 Å². The smallest absolute Gasteiger partial charge is 0.137 e. The minimum Gasteiger partial charge on any atom is -0.232 e. The molecule has 0 aliphatic heterocycles. The van der Waals surface area contributed by atoms with Crippen LogP contribution in [0.4, 0.5) is 0 Å². The van der Waals surface area contributed by atoms with E-state index in [0.29, 0.717) is 0 Å². The van der Waals surface area contributed by atoms with Crippen molar-refractivity contribution in [1.82, 2.24) is 0 Å². The van der Waals surface area contributed by atoms with E-state index in [1.54, 1.807) is 0 Å². The lowest BCUT2D eigenvalue weighted by atomic mass is 12.0. The van der Waals surface area contributed by atoms with Crippen LogP contribution in [0.25, 0.3) is 0 Å². The average Bonchev–Trinajstić information content (AvgIpc) is 0.811. The van der Waals surface area contributed by atoms with E-state index in [2.05, 4.69) is 0 Å². The molecule has 0 unspecified atom stereocenters. The molecule has 0 aromatic heterocycles. The van der Waals surface area contributed by atoms with Gasteiger partial charge in [0.1, 0.15) is 10.7 Å². The first-order valence-electron chi connectivity index (χ1n) is 0.812. The molecule has 0 fully saturated rings. The summed E-state index contributed by atoms with van der Waals surface area (Å²) in [5.74, 6) is 0. The van der Waals surface area contributed by atoms with E-state index >= 15 is 0 Å². The van der Waals surface area contributed by atoms with Crippen molar-refractivity contribution in [3.05, 3.63) is 0 Å². The fraction of sp³-hybridized carbons (Fsp3) is 1.00. The van der Waals surface area contributed by atoms with Crippen molar-refractivity contribution in [3.63, 3.8) is 0 Å². The molecule has 50 valence electrons. The van der Waals surface area contributed by atoms with Gasteiger partial charge in [0.2, 0.25) is 0 Å². The highest BCUT2D eigenvalue weighted by molar-refractivity contribution is 7.71. The molecule has 0 spiro atoms. The van der Waals surface area contributed by atoms with Crippen LogP contribution in [-0.2, 0) is 10.7 Å². The van der Waals surface area contributed by atoms with Crippen LogP contribution >= 0.6 is 37.2 Å². The van der Waals surface area contributed by atoms with Gasteiger partial charge in [-0.15, -0.1) is 37.2 Å². The molecule has 0 bridgehead atoms. The molecule has 0 aliphatic rings. The molecule has 0 atom stereocenters. The van der Waals surface area contributed by atoms with E-state index in [4.69, 9.17) is 8.42 Å². The summed E-state index contributed by atoms with van der Waals surface area (Å²) < 4.78 is 18.1. The minimum absolute atomic E-state index is 0. The molecule has 0 aliphatic carbocycles. The topological polar surface area (TPSA) is 34.1 Å². The van der Waals surface area contributed by atoms with Crippen LogP contribution in [0.2, 0.25) is 0 Å². The lowest BCUT2D eigenvalue weighted by molar-refractivity contribution is 0.619. The van der Waals surface area contributed by atoms with E-state index < -0.39 is 10.7 Å². The minimum atomic E-state index is -2.12. The van der Waals surface area contributed by atoms with Gasteiger partial charge in [-0.25, -0.2) is 8.42 Å². The zero-order valence-corrected chi connectivity index (χ0v) is 6.83. The van der Waals surface area contributed by atoms with Crippen LogP contribution in [0.3, 0.4) is 0 Å². The molecule has 2 nitrogen and oxygen atoms in total. The van der Waals surface area contributed by atoms with Gasteiger partial charge in [0.25, 0.3) is 0 Å². The Morgan fingerprint density at radius 1 is 1.00 bits per heavy atom. The second kappa shape index (κ2) is 15.8. The second-order valence-corrected chi connectivity index (χ2v) is 1.32. The van der Waals surface area contributed by atoms with Gasteiger partial charge < -0.3 is 0 Å². The molecule has 0 aromatic rings. The Labute approximate surface area is 62.9 Å². The van der Waals surface area contributed by atoms with Crippen molar-refractivity contribution in [3.8, 4) is 0 Å². The van der Waals surface area contributed by atoms with Crippen LogP contribution in [0.1, 0.15) is 0 Å². The average molecular weight is 189 g/mol. The first-order valence-corrected chi connectivity index (χ1v) is 2.44. The van der Waals surface area contributed by atoms with E-state index in [-0.39, 0.29) is 37.2 Å². The zero-order chi connectivity index (χ0) is 3.58. The summed E-state index contributed by atoms with van der Waals surface area (Å²) in [6.45, 7) is 0. The summed E-state index contributed by atoms with van der Waals surface area (Å²) in [6, 6.07) is 0. The monoisotopic (exact) mass is 188 g/mol.